The van der Waals surface area contributed by atoms with E-state index in [4.69, 9.17) is 14.2 Å². The van der Waals surface area contributed by atoms with Gasteiger partial charge in [-0.3, -0.25) is 24.1 Å². The number of β-amino-alcohol motifs (C(OH)–C–C–N with tert-alkyl or cyclic N) is 1. The molecule has 1 spiro atoms. The van der Waals surface area contributed by atoms with Crippen LogP contribution in [-0.4, -0.2) is 127 Å². The second kappa shape index (κ2) is 13.2. The molecule has 3 fully saturated rings. The maximum atomic E-state index is 14.3. The van der Waals surface area contributed by atoms with Crippen molar-refractivity contribution in [3.05, 3.63) is 60.2 Å². The van der Waals surface area contributed by atoms with Gasteiger partial charge in [0.1, 0.15) is 18.2 Å². The molecular weight excluding hydrogens is 568 g/mol. The summed E-state index contributed by atoms with van der Waals surface area (Å²) in [6.45, 7) is 3.89. The highest BCUT2D eigenvalue weighted by Gasteiger charge is 2.71. The Hall–Kier alpha value is -3.58. The van der Waals surface area contributed by atoms with Crippen LogP contribution in [-0.2, 0) is 33.4 Å². The van der Waals surface area contributed by atoms with Gasteiger partial charge >= 0.3 is 5.97 Å². The maximum absolute atomic E-state index is 14.3. The second-order valence-corrected chi connectivity index (χ2v) is 11.9. The summed E-state index contributed by atoms with van der Waals surface area (Å²) in [5, 5.41) is 13.0. The smallest absolute Gasteiger partial charge is 0.306 e. The predicted octanol–water partition coefficient (Wildman–Crippen LogP) is 0.0408. The number of allylic oxidation sites excluding steroid dienone is 1. The number of carbonyl (C=O) groups excluding carboxylic acids is 4. The highest BCUT2D eigenvalue weighted by atomic mass is 16.5. The van der Waals surface area contributed by atoms with Gasteiger partial charge in [0.25, 0.3) is 0 Å². The molecule has 12 nitrogen and oxygen atoms in total. The molecule has 0 unspecified atom stereocenters. The van der Waals surface area contributed by atoms with Crippen molar-refractivity contribution in [1.29, 1.82) is 0 Å². The molecule has 1 aromatic rings. The third-order valence-corrected chi connectivity index (χ3v) is 9.28. The molecule has 1 aromatic carbocycles. The number of amides is 3. The summed E-state index contributed by atoms with van der Waals surface area (Å²) >= 11 is 0. The highest BCUT2D eigenvalue weighted by molar-refractivity contribution is 5.99. The number of ether oxygens (including phenoxy) is 3. The fraction of sp³-hybridized carbons (Fsp3) is 0.562. The Morgan fingerprint density at radius 3 is 2.55 bits per heavy atom. The number of aliphatic hydroxyl groups is 1. The van der Waals surface area contributed by atoms with Gasteiger partial charge in [0.2, 0.25) is 17.7 Å². The molecule has 0 saturated carbocycles. The Balaban J connectivity index is 1.33. The summed E-state index contributed by atoms with van der Waals surface area (Å²) in [5.41, 5.74) is -0.646. The Labute approximate surface area is 256 Å². The summed E-state index contributed by atoms with van der Waals surface area (Å²) in [6.07, 6.45) is 6.85. The third-order valence-electron chi connectivity index (χ3n) is 9.28. The first kappa shape index (κ1) is 30.4. The van der Waals surface area contributed by atoms with Crippen LogP contribution in [0.3, 0.4) is 0 Å². The molecule has 0 bridgehead atoms. The number of aliphatic hydroxyl groups excluding tert-OH is 1. The van der Waals surface area contributed by atoms with Gasteiger partial charge in [0.05, 0.1) is 43.8 Å². The van der Waals surface area contributed by atoms with Crippen LogP contribution >= 0.6 is 0 Å². The van der Waals surface area contributed by atoms with Gasteiger partial charge in [-0.05, 0) is 12.0 Å². The van der Waals surface area contributed by atoms with Gasteiger partial charge in [-0.2, -0.15) is 0 Å². The van der Waals surface area contributed by atoms with E-state index in [2.05, 4.69) is 10.2 Å². The Bertz CT molecular complexity index is 1300. The van der Waals surface area contributed by atoms with Crippen LogP contribution in [0.25, 0.3) is 0 Å². The molecule has 44 heavy (non-hydrogen) atoms. The number of likely N-dealkylation sites (tertiary alicyclic amines) is 1. The molecule has 0 radical (unpaired) electrons. The monoisotopic (exact) mass is 608 g/mol. The summed E-state index contributed by atoms with van der Waals surface area (Å²) < 4.78 is 17.6. The van der Waals surface area contributed by atoms with Crippen LogP contribution in [0.5, 0.6) is 0 Å². The lowest BCUT2D eigenvalue weighted by molar-refractivity contribution is -0.148. The van der Waals surface area contributed by atoms with Crippen molar-refractivity contribution in [2.75, 3.05) is 65.7 Å². The minimum atomic E-state index is -1.40. The van der Waals surface area contributed by atoms with Crippen molar-refractivity contribution in [2.24, 2.45) is 11.8 Å². The summed E-state index contributed by atoms with van der Waals surface area (Å²) in [5.74, 6) is -3.43. The fourth-order valence-electron chi connectivity index (χ4n) is 7.12. The van der Waals surface area contributed by atoms with E-state index in [-0.39, 0.29) is 38.1 Å². The zero-order valence-corrected chi connectivity index (χ0v) is 24.7. The van der Waals surface area contributed by atoms with Crippen LogP contribution in [0.2, 0.25) is 0 Å². The number of cyclic esters (lactones) is 1. The van der Waals surface area contributed by atoms with Crippen molar-refractivity contribution in [2.45, 2.75) is 36.6 Å². The van der Waals surface area contributed by atoms with Crippen molar-refractivity contribution >= 4 is 23.7 Å². The first-order chi connectivity index (χ1) is 21.4. The molecule has 5 aliphatic rings. The largest absolute Gasteiger partial charge is 0.463 e. The van der Waals surface area contributed by atoms with Crippen molar-refractivity contribution in [3.63, 3.8) is 0 Å². The molecule has 3 saturated heterocycles. The number of fused-ring (bicyclic) bond motifs is 2. The standard InChI is InChI=1S/C32H40N4O8/c37-18-15-36-28-31(41)35(14-13-34-16-19-42-20-17-34)12-6-11-32(28)27(30(36)40)26-24(44-32)9-4-5-10-25(38)43-21-23(33-29(26)39)22-7-2-1-3-8-22/h1-4,6-9,11,23-24,26-28,37H,5,10,12-21H2,(H,33,39)/b9-4-/t23-,24+,26-,27-,28+,32-/m0/s1. The fourth-order valence-corrected chi connectivity index (χ4v) is 7.12. The van der Waals surface area contributed by atoms with Crippen molar-refractivity contribution in [3.8, 4) is 0 Å². The number of carbonyl (C=O) groups is 4. The van der Waals surface area contributed by atoms with E-state index < -0.39 is 47.4 Å². The van der Waals surface area contributed by atoms with Crippen LogP contribution in [0.15, 0.2) is 54.6 Å². The molecule has 6 rings (SSSR count). The van der Waals surface area contributed by atoms with Crippen molar-refractivity contribution < 1.29 is 38.5 Å². The maximum Gasteiger partial charge on any atom is 0.306 e. The number of nitrogens with one attached hydrogen (secondary N) is 1. The molecule has 0 aliphatic carbocycles. The van der Waals surface area contributed by atoms with E-state index in [0.29, 0.717) is 39.3 Å². The second-order valence-electron chi connectivity index (χ2n) is 11.9. The number of esters is 1. The lowest BCUT2D eigenvalue weighted by Gasteiger charge is -2.36. The Morgan fingerprint density at radius 1 is 0.977 bits per heavy atom. The molecule has 6 atom stereocenters. The summed E-state index contributed by atoms with van der Waals surface area (Å²) in [6, 6.07) is 7.53. The zero-order chi connectivity index (χ0) is 30.7. The van der Waals surface area contributed by atoms with E-state index in [1.807, 2.05) is 36.4 Å². The average molecular weight is 609 g/mol. The van der Waals surface area contributed by atoms with E-state index >= 15 is 0 Å². The number of benzene rings is 1. The molecule has 5 heterocycles. The summed E-state index contributed by atoms with van der Waals surface area (Å²) in [4.78, 5) is 60.4. The van der Waals surface area contributed by atoms with Gasteiger partial charge in [-0.25, -0.2) is 0 Å². The van der Waals surface area contributed by atoms with Crippen LogP contribution in [0, 0.1) is 11.8 Å². The minimum absolute atomic E-state index is 0.0561. The lowest BCUT2D eigenvalue weighted by Crippen LogP contribution is -2.56. The first-order valence-corrected chi connectivity index (χ1v) is 15.5. The van der Waals surface area contributed by atoms with Crippen molar-refractivity contribution in [1.82, 2.24) is 20.0 Å². The number of hydrogen-bond acceptors (Lipinski definition) is 9. The lowest BCUT2D eigenvalue weighted by atomic mass is 9.77. The van der Waals surface area contributed by atoms with Gasteiger partial charge in [-0.1, -0.05) is 54.6 Å². The van der Waals surface area contributed by atoms with Crippen LogP contribution < -0.4 is 5.32 Å². The van der Waals surface area contributed by atoms with Crippen LogP contribution in [0.1, 0.15) is 24.4 Å². The van der Waals surface area contributed by atoms with Gasteiger partial charge in [-0.15, -0.1) is 0 Å². The molecule has 3 amide bonds. The molecule has 0 aromatic heterocycles. The predicted molar refractivity (Wildman–Crippen MR) is 157 cm³/mol. The first-order valence-electron chi connectivity index (χ1n) is 15.5. The quantitative estimate of drug-likeness (QED) is 0.339. The SMILES string of the molecule is O=C1CC/C=C\[C@H]2O[C@]34C=CCN(CCN5CCOCC5)C(=O)[C@H]3N(CCO)C(=O)[C@@H]4[C@H]2C(=O)N[C@H](c2ccccc2)CO1. The number of nitrogens with zero attached hydrogens (tertiary/aromatic N) is 3. The zero-order valence-electron chi connectivity index (χ0n) is 24.7. The van der Waals surface area contributed by atoms with Gasteiger partial charge in [0, 0.05) is 45.7 Å². The molecule has 2 N–H and O–H groups in total. The molecule has 5 aliphatic heterocycles. The normalized spacial score (nSPS) is 33.8. The Morgan fingerprint density at radius 2 is 1.77 bits per heavy atom. The minimum Gasteiger partial charge on any atom is -0.463 e. The van der Waals surface area contributed by atoms with E-state index in [9.17, 15) is 24.3 Å². The average Bonchev–Trinajstić information content (AvgIpc) is 3.42. The number of rotatable bonds is 6. The molecule has 236 valence electrons. The third kappa shape index (κ3) is 5.79. The summed E-state index contributed by atoms with van der Waals surface area (Å²) in [7, 11) is 0. The molecule has 12 heteroatoms. The molecular formula is C32H40N4O8. The van der Waals surface area contributed by atoms with E-state index in [0.717, 1.165) is 18.7 Å². The number of hydrogen-bond donors (Lipinski definition) is 2. The van der Waals surface area contributed by atoms with E-state index in [1.165, 1.54) is 4.90 Å². The van der Waals surface area contributed by atoms with Gasteiger partial charge in [0.15, 0.2) is 0 Å². The van der Waals surface area contributed by atoms with Crippen LogP contribution in [0.4, 0.5) is 0 Å². The Kier molecular flexibility index (Phi) is 9.13. The highest BCUT2D eigenvalue weighted by Crippen LogP contribution is 2.52. The number of morpholine rings is 1. The van der Waals surface area contributed by atoms with Gasteiger partial charge < -0.3 is 34.4 Å². The topological polar surface area (TPSA) is 138 Å². The van der Waals surface area contributed by atoms with E-state index in [1.54, 1.807) is 23.1 Å².